The molecule has 2 atom stereocenters. The van der Waals surface area contributed by atoms with Gasteiger partial charge in [-0.3, -0.25) is 0 Å². The predicted octanol–water partition coefficient (Wildman–Crippen LogP) is 3.20. The van der Waals surface area contributed by atoms with E-state index in [1.165, 1.54) is 5.56 Å². The zero-order valence-electron chi connectivity index (χ0n) is 9.82. The molecule has 90 valence electrons. The molecule has 2 nitrogen and oxygen atoms in total. The third kappa shape index (κ3) is 3.89. The van der Waals surface area contributed by atoms with Crippen molar-refractivity contribution in [1.29, 1.82) is 0 Å². The van der Waals surface area contributed by atoms with Crippen molar-refractivity contribution in [3.05, 3.63) is 34.3 Å². The molecular weight excluding hydrogens is 268 g/mol. The minimum absolute atomic E-state index is 0.182. The van der Waals surface area contributed by atoms with Crippen LogP contribution in [0.15, 0.2) is 28.7 Å². The summed E-state index contributed by atoms with van der Waals surface area (Å²) in [6.45, 7) is 3.08. The second kappa shape index (κ2) is 7.05. The van der Waals surface area contributed by atoms with Gasteiger partial charge in [0, 0.05) is 24.1 Å². The molecule has 0 aliphatic heterocycles. The lowest BCUT2D eigenvalue weighted by Gasteiger charge is -2.22. The van der Waals surface area contributed by atoms with Gasteiger partial charge in [0.2, 0.25) is 0 Å². The van der Waals surface area contributed by atoms with Crippen LogP contribution in [-0.4, -0.2) is 25.4 Å². The van der Waals surface area contributed by atoms with Crippen molar-refractivity contribution in [2.45, 2.75) is 19.3 Å². The van der Waals surface area contributed by atoms with E-state index in [0.717, 1.165) is 17.5 Å². The van der Waals surface area contributed by atoms with Crippen LogP contribution in [0.2, 0.25) is 0 Å². The number of rotatable bonds is 6. The molecule has 0 saturated carbocycles. The molecule has 0 aliphatic rings. The summed E-state index contributed by atoms with van der Waals surface area (Å²) in [5.74, 6) is 0.604. The van der Waals surface area contributed by atoms with Crippen molar-refractivity contribution in [3.8, 4) is 0 Å². The number of benzene rings is 1. The predicted molar refractivity (Wildman–Crippen MR) is 69.6 cm³/mol. The Morgan fingerprint density at radius 2 is 2.19 bits per heavy atom. The van der Waals surface area contributed by atoms with Crippen LogP contribution in [-0.2, 0) is 4.74 Å². The lowest BCUT2D eigenvalue weighted by atomic mass is 9.86. The van der Waals surface area contributed by atoms with Gasteiger partial charge in [0.1, 0.15) is 0 Å². The lowest BCUT2D eigenvalue weighted by molar-refractivity contribution is 0.159. The summed E-state index contributed by atoms with van der Waals surface area (Å²) in [6, 6.07) is 8.14. The van der Waals surface area contributed by atoms with Gasteiger partial charge >= 0.3 is 0 Å². The van der Waals surface area contributed by atoms with E-state index in [1.807, 2.05) is 12.1 Å². The average molecular weight is 287 g/mol. The normalized spacial score (nSPS) is 14.8. The highest BCUT2D eigenvalue weighted by atomic mass is 79.9. The van der Waals surface area contributed by atoms with Gasteiger partial charge in [0.05, 0.1) is 6.61 Å². The molecule has 0 aromatic heterocycles. The van der Waals surface area contributed by atoms with Crippen molar-refractivity contribution in [2.75, 3.05) is 20.3 Å². The number of aliphatic hydroxyl groups is 1. The highest BCUT2D eigenvalue weighted by Crippen LogP contribution is 2.28. The summed E-state index contributed by atoms with van der Waals surface area (Å²) < 4.78 is 6.13. The molecule has 0 fully saturated rings. The molecule has 0 bridgehead atoms. The summed E-state index contributed by atoms with van der Waals surface area (Å²) in [6.07, 6.45) is 0.967. The number of hydrogen-bond donors (Lipinski definition) is 1. The second-order valence-electron chi connectivity index (χ2n) is 4.10. The summed E-state index contributed by atoms with van der Waals surface area (Å²) >= 11 is 3.46. The molecule has 0 radical (unpaired) electrons. The summed E-state index contributed by atoms with van der Waals surface area (Å²) in [4.78, 5) is 0. The standard InChI is InChI=1S/C13H19BrO2/c1-10(6-7-16-2)13(9-15)11-4-3-5-12(14)8-11/h3-5,8,10,13,15H,6-7,9H2,1-2H3. The molecule has 1 rings (SSSR count). The topological polar surface area (TPSA) is 29.5 Å². The fraction of sp³-hybridized carbons (Fsp3) is 0.538. The van der Waals surface area contributed by atoms with E-state index in [-0.39, 0.29) is 12.5 Å². The van der Waals surface area contributed by atoms with Gasteiger partial charge in [-0.2, -0.15) is 0 Å². The molecule has 1 aromatic carbocycles. The number of methoxy groups -OCH3 is 1. The van der Waals surface area contributed by atoms with Gasteiger partial charge in [-0.05, 0) is 30.0 Å². The molecule has 16 heavy (non-hydrogen) atoms. The minimum atomic E-state index is 0.182. The summed E-state index contributed by atoms with van der Waals surface area (Å²) in [5.41, 5.74) is 1.18. The number of hydrogen-bond acceptors (Lipinski definition) is 2. The highest BCUT2D eigenvalue weighted by molar-refractivity contribution is 9.10. The average Bonchev–Trinajstić information content (AvgIpc) is 2.27. The molecule has 0 amide bonds. The minimum Gasteiger partial charge on any atom is -0.396 e. The van der Waals surface area contributed by atoms with E-state index < -0.39 is 0 Å². The molecule has 1 N–H and O–H groups in total. The van der Waals surface area contributed by atoms with E-state index in [1.54, 1.807) is 7.11 Å². The van der Waals surface area contributed by atoms with Gasteiger partial charge in [-0.15, -0.1) is 0 Å². The Morgan fingerprint density at radius 3 is 2.75 bits per heavy atom. The zero-order chi connectivity index (χ0) is 12.0. The van der Waals surface area contributed by atoms with Crippen molar-refractivity contribution in [1.82, 2.24) is 0 Å². The maximum atomic E-state index is 9.48. The van der Waals surface area contributed by atoms with Gasteiger partial charge < -0.3 is 9.84 Å². The van der Waals surface area contributed by atoms with Crippen molar-refractivity contribution in [3.63, 3.8) is 0 Å². The first-order valence-electron chi connectivity index (χ1n) is 5.54. The SMILES string of the molecule is COCCC(C)C(CO)c1cccc(Br)c1. The van der Waals surface area contributed by atoms with Gasteiger partial charge in [0.15, 0.2) is 0 Å². The Hall–Kier alpha value is -0.380. The fourth-order valence-corrected chi connectivity index (χ4v) is 2.27. The van der Waals surface area contributed by atoms with Crippen molar-refractivity contribution >= 4 is 15.9 Å². The van der Waals surface area contributed by atoms with Gasteiger partial charge in [-0.1, -0.05) is 35.0 Å². The number of halogens is 1. The number of ether oxygens (including phenoxy) is 1. The smallest absolute Gasteiger partial charge is 0.0502 e. The maximum absolute atomic E-state index is 9.48. The monoisotopic (exact) mass is 286 g/mol. The third-order valence-electron chi connectivity index (χ3n) is 2.94. The molecule has 0 aliphatic carbocycles. The van der Waals surface area contributed by atoms with Crippen LogP contribution in [0.3, 0.4) is 0 Å². The first-order chi connectivity index (χ1) is 7.69. The highest BCUT2D eigenvalue weighted by Gasteiger charge is 2.18. The molecule has 0 spiro atoms. The molecular formula is C13H19BrO2. The van der Waals surface area contributed by atoms with Crippen molar-refractivity contribution in [2.24, 2.45) is 5.92 Å². The van der Waals surface area contributed by atoms with E-state index >= 15 is 0 Å². The molecule has 3 heteroatoms. The Labute approximate surface area is 106 Å². The van der Waals surface area contributed by atoms with E-state index in [2.05, 4.69) is 35.0 Å². The Morgan fingerprint density at radius 1 is 1.44 bits per heavy atom. The maximum Gasteiger partial charge on any atom is 0.0502 e. The van der Waals surface area contributed by atoms with Crippen molar-refractivity contribution < 1.29 is 9.84 Å². The molecule has 1 aromatic rings. The largest absolute Gasteiger partial charge is 0.396 e. The van der Waals surface area contributed by atoms with Crippen LogP contribution in [0.4, 0.5) is 0 Å². The Bertz CT molecular complexity index is 315. The molecule has 0 heterocycles. The van der Waals surface area contributed by atoms with Crippen LogP contribution >= 0.6 is 15.9 Å². The summed E-state index contributed by atoms with van der Waals surface area (Å²) in [5, 5.41) is 9.48. The van der Waals surface area contributed by atoms with Crippen LogP contribution in [0.1, 0.15) is 24.8 Å². The first-order valence-corrected chi connectivity index (χ1v) is 6.33. The Kier molecular flexibility index (Phi) is 6.03. The van der Waals surface area contributed by atoms with Crippen LogP contribution < -0.4 is 0 Å². The van der Waals surface area contributed by atoms with Crippen LogP contribution in [0.5, 0.6) is 0 Å². The molecule has 2 unspecified atom stereocenters. The van der Waals surface area contributed by atoms with Crippen LogP contribution in [0.25, 0.3) is 0 Å². The number of aliphatic hydroxyl groups excluding tert-OH is 1. The zero-order valence-corrected chi connectivity index (χ0v) is 11.4. The van der Waals surface area contributed by atoms with Gasteiger partial charge in [0.25, 0.3) is 0 Å². The quantitative estimate of drug-likeness (QED) is 0.870. The lowest BCUT2D eigenvalue weighted by Crippen LogP contribution is -2.15. The van der Waals surface area contributed by atoms with E-state index in [4.69, 9.17) is 4.74 Å². The molecule has 0 saturated heterocycles. The Balaban J connectivity index is 2.73. The summed E-state index contributed by atoms with van der Waals surface area (Å²) in [7, 11) is 1.71. The van der Waals surface area contributed by atoms with E-state index in [0.29, 0.717) is 5.92 Å². The first kappa shape index (κ1) is 13.7. The third-order valence-corrected chi connectivity index (χ3v) is 3.43. The van der Waals surface area contributed by atoms with E-state index in [9.17, 15) is 5.11 Å². The van der Waals surface area contributed by atoms with Gasteiger partial charge in [-0.25, -0.2) is 0 Å². The second-order valence-corrected chi connectivity index (χ2v) is 5.02. The van der Waals surface area contributed by atoms with Crippen LogP contribution in [0, 0.1) is 5.92 Å². The fourth-order valence-electron chi connectivity index (χ4n) is 1.86.